The lowest BCUT2D eigenvalue weighted by Gasteiger charge is -1.97. The summed E-state index contributed by atoms with van der Waals surface area (Å²) in [6.07, 6.45) is 7.05. The van der Waals surface area contributed by atoms with Crippen molar-refractivity contribution in [1.82, 2.24) is 25.2 Å². The second-order valence-corrected chi connectivity index (χ2v) is 5.02. The standard InChI is InChI=1S/C10H15N6OS.BrH/c1-15-5-6-16(8-15)4-2-10(17)18-7-3-9-11-13-14-12-9;/h5-6,8H,2-4,7H2,1H3,(H,11,12,13,14);1H/q+1;/p-1. The second-order valence-electron chi connectivity index (χ2n) is 3.87. The Morgan fingerprint density at radius 2 is 2.42 bits per heavy atom. The molecule has 7 nitrogen and oxygen atoms in total. The van der Waals surface area contributed by atoms with Crippen LogP contribution in [0.2, 0.25) is 0 Å². The van der Waals surface area contributed by atoms with Gasteiger partial charge in [0.15, 0.2) is 10.9 Å². The maximum Gasteiger partial charge on any atom is 0.243 e. The molecule has 0 saturated heterocycles. The van der Waals surface area contributed by atoms with E-state index in [0.717, 1.165) is 6.54 Å². The third kappa shape index (κ3) is 5.52. The maximum atomic E-state index is 11.6. The first-order valence-electron chi connectivity index (χ1n) is 5.63. The molecule has 104 valence electrons. The highest BCUT2D eigenvalue weighted by Crippen LogP contribution is 2.08. The highest BCUT2D eigenvalue weighted by Gasteiger charge is 2.07. The number of halogens is 1. The van der Waals surface area contributed by atoms with Crippen LogP contribution in [-0.2, 0) is 24.8 Å². The van der Waals surface area contributed by atoms with Crippen molar-refractivity contribution in [2.75, 3.05) is 5.75 Å². The van der Waals surface area contributed by atoms with Gasteiger partial charge in [-0.1, -0.05) is 17.0 Å². The summed E-state index contributed by atoms with van der Waals surface area (Å²) in [5, 5.41) is 13.7. The molecule has 0 bridgehead atoms. The van der Waals surface area contributed by atoms with Crippen LogP contribution in [-0.4, -0.2) is 36.1 Å². The summed E-state index contributed by atoms with van der Waals surface area (Å²) in [6, 6.07) is 0. The van der Waals surface area contributed by atoms with E-state index in [1.54, 1.807) is 0 Å². The van der Waals surface area contributed by atoms with E-state index in [-0.39, 0.29) is 22.1 Å². The number of aryl methyl sites for hydroxylation is 3. The minimum atomic E-state index is 0. The van der Waals surface area contributed by atoms with Gasteiger partial charge in [0.2, 0.25) is 6.33 Å². The summed E-state index contributed by atoms with van der Waals surface area (Å²) in [7, 11) is 1.96. The Bertz CT molecular complexity index is 500. The van der Waals surface area contributed by atoms with E-state index in [2.05, 4.69) is 20.6 Å². The lowest BCUT2D eigenvalue weighted by molar-refractivity contribution is -0.671. The Morgan fingerprint density at radius 1 is 1.58 bits per heavy atom. The number of carbonyl (C=O) groups is 1. The number of thioether (sulfide) groups is 1. The van der Waals surface area contributed by atoms with Crippen LogP contribution in [0.25, 0.3) is 0 Å². The first-order valence-corrected chi connectivity index (χ1v) is 6.61. The molecule has 0 spiro atoms. The van der Waals surface area contributed by atoms with Gasteiger partial charge in [-0.3, -0.25) is 4.79 Å². The summed E-state index contributed by atoms with van der Waals surface area (Å²) < 4.78 is 3.95. The third-order valence-electron chi connectivity index (χ3n) is 2.38. The Hall–Kier alpha value is -1.22. The molecule has 1 N–H and O–H groups in total. The largest absolute Gasteiger partial charge is 1.00 e. The lowest BCUT2D eigenvalue weighted by atomic mass is 10.4. The fourth-order valence-electron chi connectivity index (χ4n) is 1.47. The molecule has 0 amide bonds. The number of nitrogens with one attached hydrogen (secondary N) is 1. The summed E-state index contributed by atoms with van der Waals surface area (Å²) in [4.78, 5) is 11.6. The third-order valence-corrected chi connectivity index (χ3v) is 3.31. The van der Waals surface area contributed by atoms with Crippen LogP contribution >= 0.6 is 11.8 Å². The van der Waals surface area contributed by atoms with Gasteiger partial charge < -0.3 is 17.0 Å². The maximum absolute atomic E-state index is 11.6. The van der Waals surface area contributed by atoms with Crippen molar-refractivity contribution in [2.45, 2.75) is 19.4 Å². The van der Waals surface area contributed by atoms with Crippen molar-refractivity contribution in [3.05, 3.63) is 24.5 Å². The molecular formula is C10H15BrN6OS. The Morgan fingerprint density at radius 3 is 3.05 bits per heavy atom. The number of hydrogen-bond donors (Lipinski definition) is 1. The predicted octanol–water partition coefficient (Wildman–Crippen LogP) is -3.28. The van der Waals surface area contributed by atoms with Gasteiger partial charge in [-0.25, -0.2) is 9.13 Å². The molecule has 0 aliphatic rings. The summed E-state index contributed by atoms with van der Waals surface area (Å²) >= 11 is 1.32. The van der Waals surface area contributed by atoms with Crippen molar-refractivity contribution < 1.29 is 26.3 Å². The molecule has 0 aromatic carbocycles. The van der Waals surface area contributed by atoms with Crippen LogP contribution in [0, 0.1) is 0 Å². The van der Waals surface area contributed by atoms with Crippen LogP contribution in [0.15, 0.2) is 18.7 Å². The molecule has 9 heteroatoms. The second kappa shape index (κ2) is 8.05. The first-order chi connectivity index (χ1) is 8.74. The topological polar surface area (TPSA) is 80.3 Å². The van der Waals surface area contributed by atoms with Gasteiger partial charge in [-0.15, -0.1) is 10.2 Å². The number of carbonyl (C=O) groups excluding carboxylic acids is 1. The van der Waals surface area contributed by atoms with Gasteiger partial charge >= 0.3 is 0 Å². The molecule has 0 fully saturated rings. The first kappa shape index (κ1) is 15.8. The van der Waals surface area contributed by atoms with E-state index in [1.807, 2.05) is 34.9 Å². The van der Waals surface area contributed by atoms with E-state index in [4.69, 9.17) is 0 Å². The van der Waals surface area contributed by atoms with E-state index < -0.39 is 0 Å². The monoisotopic (exact) mass is 346 g/mol. The fraction of sp³-hybridized carbons (Fsp3) is 0.500. The normalized spacial score (nSPS) is 10.2. The molecule has 0 radical (unpaired) electrons. The van der Waals surface area contributed by atoms with Crippen molar-refractivity contribution in [2.24, 2.45) is 7.05 Å². The molecule has 19 heavy (non-hydrogen) atoms. The Kier molecular flexibility index (Phi) is 6.71. The highest BCUT2D eigenvalue weighted by atomic mass is 79.9. The van der Waals surface area contributed by atoms with Gasteiger partial charge in [0, 0.05) is 12.2 Å². The molecule has 0 atom stereocenters. The van der Waals surface area contributed by atoms with Gasteiger partial charge in [-0.2, -0.15) is 5.21 Å². The zero-order chi connectivity index (χ0) is 12.8. The molecule has 2 aromatic rings. The summed E-state index contributed by atoms with van der Waals surface area (Å²) in [5.41, 5.74) is 0. The van der Waals surface area contributed by atoms with Crippen LogP contribution in [0.3, 0.4) is 0 Å². The molecule has 2 rings (SSSR count). The summed E-state index contributed by atoms with van der Waals surface area (Å²) in [5.74, 6) is 1.34. The van der Waals surface area contributed by atoms with E-state index in [1.165, 1.54) is 11.8 Å². The number of aromatic nitrogens is 6. The molecule has 2 heterocycles. The van der Waals surface area contributed by atoms with E-state index in [9.17, 15) is 4.79 Å². The predicted molar refractivity (Wildman–Crippen MR) is 65.6 cm³/mol. The van der Waals surface area contributed by atoms with Crippen molar-refractivity contribution in [3.63, 3.8) is 0 Å². The number of rotatable bonds is 6. The molecular weight excluding hydrogens is 332 g/mol. The molecule has 0 aliphatic heterocycles. The van der Waals surface area contributed by atoms with Crippen LogP contribution in [0.1, 0.15) is 12.2 Å². The average Bonchev–Trinajstić information content (AvgIpc) is 2.98. The molecule has 0 saturated carbocycles. The highest BCUT2D eigenvalue weighted by molar-refractivity contribution is 8.13. The number of imidazole rings is 1. The minimum Gasteiger partial charge on any atom is -1.00 e. The molecule has 0 unspecified atom stereocenters. The Balaban J connectivity index is 0.00000180. The van der Waals surface area contributed by atoms with Gasteiger partial charge in [0.25, 0.3) is 0 Å². The van der Waals surface area contributed by atoms with E-state index >= 15 is 0 Å². The summed E-state index contributed by atoms with van der Waals surface area (Å²) in [6.45, 7) is 0.717. The number of hydrogen-bond acceptors (Lipinski definition) is 5. The van der Waals surface area contributed by atoms with Crippen LogP contribution < -0.4 is 21.5 Å². The van der Waals surface area contributed by atoms with Gasteiger partial charge in [-0.05, 0) is 0 Å². The zero-order valence-corrected chi connectivity index (χ0v) is 12.9. The smallest absolute Gasteiger partial charge is 0.243 e. The van der Waals surface area contributed by atoms with E-state index in [0.29, 0.717) is 24.4 Å². The number of tetrazole rings is 1. The molecule has 0 aliphatic carbocycles. The number of aromatic amines is 1. The van der Waals surface area contributed by atoms with Crippen molar-refractivity contribution >= 4 is 16.9 Å². The minimum absolute atomic E-state index is 0. The van der Waals surface area contributed by atoms with Crippen LogP contribution in [0.4, 0.5) is 0 Å². The molecule has 2 aromatic heterocycles. The average molecular weight is 347 g/mol. The van der Waals surface area contributed by atoms with Gasteiger partial charge in [0.1, 0.15) is 12.4 Å². The fourth-order valence-corrected chi connectivity index (χ4v) is 2.22. The lowest BCUT2D eigenvalue weighted by Crippen LogP contribution is -3.00. The quantitative estimate of drug-likeness (QED) is 0.555. The zero-order valence-electron chi connectivity index (χ0n) is 10.5. The van der Waals surface area contributed by atoms with Crippen LogP contribution in [0.5, 0.6) is 0 Å². The van der Waals surface area contributed by atoms with Gasteiger partial charge in [0.05, 0.1) is 20.0 Å². The van der Waals surface area contributed by atoms with Crippen molar-refractivity contribution in [1.29, 1.82) is 0 Å². The SMILES string of the molecule is C[n+]1ccn(CCC(=O)SCCc2nn[nH]n2)c1.[Br-]. The Labute approximate surface area is 125 Å². The number of nitrogens with zero attached hydrogens (tertiary/aromatic N) is 5. The van der Waals surface area contributed by atoms with Crippen molar-refractivity contribution in [3.8, 4) is 0 Å². The number of H-pyrrole nitrogens is 1.